The van der Waals surface area contributed by atoms with Gasteiger partial charge in [0.25, 0.3) is 0 Å². The number of nitrogens with one attached hydrogen (secondary N) is 1. The quantitative estimate of drug-likeness (QED) is 0.848. The van der Waals surface area contributed by atoms with Gasteiger partial charge in [-0.05, 0) is 30.9 Å². The molecule has 1 fully saturated rings. The maximum Gasteiger partial charge on any atom is 0.226 e. The molecule has 1 N–H and O–H groups in total. The fraction of sp³-hybridized carbons (Fsp3) is 0.545. The van der Waals surface area contributed by atoms with E-state index in [-0.39, 0.29) is 5.28 Å². The lowest BCUT2D eigenvalue weighted by Crippen LogP contribution is -2.27. The zero-order valence-corrected chi connectivity index (χ0v) is 10.4. The molecule has 0 unspecified atom stereocenters. The molecule has 0 aliphatic heterocycles. The molecule has 90 valence electrons. The van der Waals surface area contributed by atoms with Crippen LogP contribution in [0.3, 0.4) is 0 Å². The van der Waals surface area contributed by atoms with Gasteiger partial charge < -0.3 is 4.90 Å². The summed E-state index contributed by atoms with van der Waals surface area (Å²) in [4.78, 5) is 10.8. The number of anilines is 1. The maximum atomic E-state index is 5.95. The van der Waals surface area contributed by atoms with E-state index in [2.05, 4.69) is 32.0 Å². The van der Waals surface area contributed by atoms with Crippen molar-refractivity contribution >= 4 is 28.5 Å². The lowest BCUT2D eigenvalue weighted by molar-refractivity contribution is 0.753. The Morgan fingerprint density at radius 3 is 3.00 bits per heavy atom. The number of nitrogens with zero attached hydrogens (tertiary/aromatic N) is 4. The number of rotatable bonds is 4. The Labute approximate surface area is 104 Å². The summed E-state index contributed by atoms with van der Waals surface area (Å²) in [5, 5.41) is 8.09. The molecule has 2 aromatic rings. The van der Waals surface area contributed by atoms with Gasteiger partial charge in [0.1, 0.15) is 5.82 Å². The number of halogens is 1. The standard InChI is InChI=1S/C11H14ClN5/c1-2-5-17(7-3-4-7)10-8-6-13-16-9(8)14-11(12)15-10/h6-7H,2-5H2,1H3,(H,13,14,15,16). The zero-order chi connectivity index (χ0) is 11.8. The second-order valence-electron chi connectivity index (χ2n) is 4.37. The van der Waals surface area contributed by atoms with Gasteiger partial charge in [0.05, 0.1) is 11.6 Å². The third kappa shape index (κ3) is 1.95. The Hall–Kier alpha value is -1.36. The molecule has 0 bridgehead atoms. The van der Waals surface area contributed by atoms with Crippen molar-refractivity contribution in [2.75, 3.05) is 11.4 Å². The molecule has 6 heteroatoms. The van der Waals surface area contributed by atoms with Crippen molar-refractivity contribution in [1.82, 2.24) is 20.2 Å². The molecule has 0 radical (unpaired) electrons. The van der Waals surface area contributed by atoms with Gasteiger partial charge in [-0.1, -0.05) is 6.92 Å². The van der Waals surface area contributed by atoms with Crippen molar-refractivity contribution < 1.29 is 0 Å². The molecule has 2 heterocycles. The van der Waals surface area contributed by atoms with Crippen molar-refractivity contribution in [1.29, 1.82) is 0 Å². The van der Waals surface area contributed by atoms with Gasteiger partial charge in [0.2, 0.25) is 5.28 Å². The van der Waals surface area contributed by atoms with E-state index in [0.717, 1.165) is 24.2 Å². The van der Waals surface area contributed by atoms with Crippen molar-refractivity contribution in [3.8, 4) is 0 Å². The van der Waals surface area contributed by atoms with Gasteiger partial charge >= 0.3 is 0 Å². The summed E-state index contributed by atoms with van der Waals surface area (Å²) in [6.45, 7) is 3.17. The Bertz CT molecular complexity index is 534. The number of H-pyrrole nitrogens is 1. The topological polar surface area (TPSA) is 57.7 Å². The molecule has 0 atom stereocenters. The summed E-state index contributed by atoms with van der Waals surface area (Å²) < 4.78 is 0. The first kappa shape index (κ1) is 10.8. The van der Waals surface area contributed by atoms with Crippen molar-refractivity contribution in [3.63, 3.8) is 0 Å². The predicted molar refractivity (Wildman–Crippen MR) is 67.4 cm³/mol. The summed E-state index contributed by atoms with van der Waals surface area (Å²) in [5.74, 6) is 0.915. The van der Waals surface area contributed by atoms with Crippen LogP contribution in [0.2, 0.25) is 5.28 Å². The van der Waals surface area contributed by atoms with E-state index in [1.165, 1.54) is 12.8 Å². The Balaban J connectivity index is 2.09. The first-order chi connectivity index (χ1) is 8.29. The smallest absolute Gasteiger partial charge is 0.226 e. The highest BCUT2D eigenvalue weighted by molar-refractivity contribution is 6.28. The fourth-order valence-corrected chi connectivity index (χ4v) is 2.27. The summed E-state index contributed by atoms with van der Waals surface area (Å²) in [6.07, 6.45) is 5.34. The molecule has 1 saturated carbocycles. The van der Waals surface area contributed by atoms with E-state index in [1.807, 2.05) is 0 Å². The van der Waals surface area contributed by atoms with Crippen molar-refractivity contribution in [2.24, 2.45) is 0 Å². The number of aromatic amines is 1. The van der Waals surface area contributed by atoms with Crippen LogP contribution in [-0.2, 0) is 0 Å². The van der Waals surface area contributed by atoms with E-state index in [0.29, 0.717) is 11.7 Å². The minimum atomic E-state index is 0.276. The lowest BCUT2D eigenvalue weighted by atomic mass is 10.3. The maximum absolute atomic E-state index is 5.95. The minimum absolute atomic E-state index is 0.276. The molecular formula is C11H14ClN5. The zero-order valence-electron chi connectivity index (χ0n) is 9.65. The molecule has 17 heavy (non-hydrogen) atoms. The molecule has 3 rings (SSSR count). The number of fused-ring (bicyclic) bond motifs is 1. The van der Waals surface area contributed by atoms with Crippen LogP contribution in [0.25, 0.3) is 11.0 Å². The van der Waals surface area contributed by atoms with Gasteiger partial charge in [-0.15, -0.1) is 0 Å². The van der Waals surface area contributed by atoms with E-state index in [4.69, 9.17) is 11.6 Å². The van der Waals surface area contributed by atoms with Crippen LogP contribution >= 0.6 is 11.6 Å². The number of aromatic nitrogens is 4. The third-order valence-electron chi connectivity index (χ3n) is 2.99. The largest absolute Gasteiger partial charge is 0.353 e. The van der Waals surface area contributed by atoms with Crippen LogP contribution in [-0.4, -0.2) is 32.8 Å². The van der Waals surface area contributed by atoms with Crippen LogP contribution in [0.15, 0.2) is 6.20 Å². The van der Waals surface area contributed by atoms with Gasteiger partial charge in [0, 0.05) is 12.6 Å². The molecule has 1 aliphatic rings. The average Bonchev–Trinajstić information content (AvgIpc) is 3.04. The second-order valence-corrected chi connectivity index (χ2v) is 4.71. The highest BCUT2D eigenvalue weighted by Crippen LogP contribution is 2.34. The second kappa shape index (κ2) is 4.14. The van der Waals surface area contributed by atoms with Crippen LogP contribution in [0.1, 0.15) is 26.2 Å². The molecule has 0 saturated heterocycles. The van der Waals surface area contributed by atoms with Gasteiger partial charge in [-0.2, -0.15) is 15.1 Å². The molecule has 2 aromatic heterocycles. The van der Waals surface area contributed by atoms with Gasteiger partial charge in [-0.3, -0.25) is 5.10 Å². The van der Waals surface area contributed by atoms with E-state index in [9.17, 15) is 0 Å². The fourth-order valence-electron chi connectivity index (χ4n) is 2.10. The molecule has 1 aliphatic carbocycles. The molecule has 5 nitrogen and oxygen atoms in total. The molecule has 0 amide bonds. The lowest BCUT2D eigenvalue weighted by Gasteiger charge is -2.23. The summed E-state index contributed by atoms with van der Waals surface area (Å²) >= 11 is 5.95. The van der Waals surface area contributed by atoms with Crippen LogP contribution < -0.4 is 4.90 Å². The third-order valence-corrected chi connectivity index (χ3v) is 3.16. The van der Waals surface area contributed by atoms with E-state index in [1.54, 1.807) is 6.20 Å². The SMILES string of the molecule is CCCN(c1nc(Cl)nc2[nH]ncc12)C1CC1. The monoisotopic (exact) mass is 251 g/mol. The summed E-state index contributed by atoms with van der Waals surface area (Å²) in [7, 11) is 0. The van der Waals surface area contributed by atoms with E-state index >= 15 is 0 Å². The molecular weight excluding hydrogens is 238 g/mol. The number of hydrogen-bond donors (Lipinski definition) is 1. The van der Waals surface area contributed by atoms with Crippen molar-refractivity contribution in [2.45, 2.75) is 32.2 Å². The van der Waals surface area contributed by atoms with E-state index < -0.39 is 0 Å². The highest BCUT2D eigenvalue weighted by Gasteiger charge is 2.31. The summed E-state index contributed by atoms with van der Waals surface area (Å²) in [5.41, 5.74) is 0.710. The van der Waals surface area contributed by atoms with Crippen LogP contribution in [0, 0.1) is 0 Å². The predicted octanol–water partition coefficient (Wildman–Crippen LogP) is 2.39. The Morgan fingerprint density at radius 2 is 2.29 bits per heavy atom. The minimum Gasteiger partial charge on any atom is -0.353 e. The van der Waals surface area contributed by atoms with Crippen LogP contribution in [0.4, 0.5) is 5.82 Å². The molecule has 0 spiro atoms. The van der Waals surface area contributed by atoms with Crippen LogP contribution in [0.5, 0.6) is 0 Å². The molecule has 0 aromatic carbocycles. The average molecular weight is 252 g/mol. The summed E-state index contributed by atoms with van der Waals surface area (Å²) in [6, 6.07) is 0.610. The highest BCUT2D eigenvalue weighted by atomic mass is 35.5. The number of hydrogen-bond acceptors (Lipinski definition) is 4. The first-order valence-electron chi connectivity index (χ1n) is 5.93. The van der Waals surface area contributed by atoms with Crippen molar-refractivity contribution in [3.05, 3.63) is 11.5 Å². The first-order valence-corrected chi connectivity index (χ1v) is 6.30. The normalized spacial score (nSPS) is 15.4. The van der Waals surface area contributed by atoms with Gasteiger partial charge in [0.15, 0.2) is 5.65 Å². The van der Waals surface area contributed by atoms with Gasteiger partial charge in [-0.25, -0.2) is 0 Å². The Kier molecular flexibility index (Phi) is 2.63. The Morgan fingerprint density at radius 1 is 1.47 bits per heavy atom.